The van der Waals surface area contributed by atoms with Gasteiger partial charge in [-0.2, -0.15) is 0 Å². The van der Waals surface area contributed by atoms with E-state index in [0.29, 0.717) is 11.6 Å². The van der Waals surface area contributed by atoms with Crippen molar-refractivity contribution in [2.45, 2.75) is 44.8 Å². The lowest BCUT2D eigenvalue weighted by Gasteiger charge is -2.48. The molecule has 0 unspecified atom stereocenters. The zero-order chi connectivity index (χ0) is 8.60. The van der Waals surface area contributed by atoms with E-state index in [1.165, 1.54) is 32.4 Å². The molecule has 0 aromatic heterocycles. The molecule has 2 aliphatic rings. The van der Waals surface area contributed by atoms with Crippen LogP contribution in [0.25, 0.3) is 0 Å². The van der Waals surface area contributed by atoms with Crippen LogP contribution in [0.5, 0.6) is 0 Å². The van der Waals surface area contributed by atoms with E-state index in [-0.39, 0.29) is 0 Å². The first kappa shape index (κ1) is 8.52. The van der Waals surface area contributed by atoms with Gasteiger partial charge in [-0.3, -0.25) is 0 Å². The smallest absolute Gasteiger partial charge is 0.0728 e. The summed E-state index contributed by atoms with van der Waals surface area (Å²) in [4.78, 5) is 2.55. The van der Waals surface area contributed by atoms with Crippen molar-refractivity contribution in [3.63, 3.8) is 0 Å². The number of hydrogen-bond acceptors (Lipinski definition) is 2. The maximum atomic E-state index is 5.66. The highest BCUT2D eigenvalue weighted by atomic mass is 16.5. The summed E-state index contributed by atoms with van der Waals surface area (Å²) >= 11 is 0. The Kier molecular flexibility index (Phi) is 2.13. The van der Waals surface area contributed by atoms with E-state index in [1.54, 1.807) is 0 Å². The molecule has 1 spiro atoms. The average molecular weight is 169 g/mol. The van der Waals surface area contributed by atoms with Gasteiger partial charge in [-0.05, 0) is 33.1 Å². The Bertz CT molecular complexity index is 153. The fourth-order valence-corrected chi connectivity index (χ4v) is 2.23. The van der Waals surface area contributed by atoms with Crippen LogP contribution in [0.2, 0.25) is 0 Å². The Balaban J connectivity index is 1.84. The van der Waals surface area contributed by atoms with E-state index in [4.69, 9.17) is 4.74 Å². The fraction of sp³-hybridized carbons (Fsp3) is 1.00. The maximum Gasteiger partial charge on any atom is 0.0728 e. The van der Waals surface area contributed by atoms with E-state index in [2.05, 4.69) is 18.7 Å². The molecule has 0 bridgehead atoms. The highest BCUT2D eigenvalue weighted by Crippen LogP contribution is 2.36. The zero-order valence-corrected chi connectivity index (χ0v) is 8.18. The second kappa shape index (κ2) is 3.00. The molecule has 0 atom stereocenters. The fourth-order valence-electron chi connectivity index (χ4n) is 2.23. The summed E-state index contributed by atoms with van der Waals surface area (Å²) in [7, 11) is 0. The summed E-state index contributed by atoms with van der Waals surface area (Å²) in [5, 5.41) is 0. The average Bonchev–Trinajstić information content (AvgIpc) is 2.02. The van der Waals surface area contributed by atoms with Crippen molar-refractivity contribution in [2.75, 3.05) is 19.7 Å². The van der Waals surface area contributed by atoms with Crippen molar-refractivity contribution < 1.29 is 4.74 Å². The third-order valence-corrected chi connectivity index (χ3v) is 3.41. The predicted molar refractivity (Wildman–Crippen MR) is 49.2 cm³/mol. The molecule has 2 aliphatic heterocycles. The van der Waals surface area contributed by atoms with Crippen molar-refractivity contribution >= 4 is 0 Å². The zero-order valence-electron chi connectivity index (χ0n) is 8.18. The topological polar surface area (TPSA) is 12.5 Å². The van der Waals surface area contributed by atoms with Gasteiger partial charge in [-0.25, -0.2) is 0 Å². The minimum absolute atomic E-state index is 0.325. The lowest BCUT2D eigenvalue weighted by molar-refractivity contribution is -0.174. The summed E-state index contributed by atoms with van der Waals surface area (Å²) in [6.45, 7) is 8.02. The highest BCUT2D eigenvalue weighted by molar-refractivity contribution is 4.93. The van der Waals surface area contributed by atoms with Crippen LogP contribution in [-0.4, -0.2) is 36.2 Å². The number of ether oxygens (including phenoxy) is 1. The highest BCUT2D eigenvalue weighted by Gasteiger charge is 2.41. The Labute approximate surface area is 74.9 Å². The molecule has 0 amide bonds. The van der Waals surface area contributed by atoms with E-state index in [0.717, 1.165) is 6.61 Å². The van der Waals surface area contributed by atoms with Crippen molar-refractivity contribution in [1.29, 1.82) is 0 Å². The van der Waals surface area contributed by atoms with Crippen molar-refractivity contribution in [3.8, 4) is 0 Å². The third kappa shape index (κ3) is 1.38. The van der Waals surface area contributed by atoms with Gasteiger partial charge in [0, 0.05) is 19.1 Å². The van der Waals surface area contributed by atoms with Crippen molar-refractivity contribution in [2.24, 2.45) is 0 Å². The molecule has 0 radical (unpaired) electrons. The molecular formula is C10H19NO. The molecule has 2 heterocycles. The largest absolute Gasteiger partial charge is 0.375 e. The Morgan fingerprint density at radius 2 is 1.75 bits per heavy atom. The van der Waals surface area contributed by atoms with E-state index in [1.807, 2.05) is 0 Å². The van der Waals surface area contributed by atoms with E-state index >= 15 is 0 Å². The standard InChI is InChI=1S/C10H19NO/c1-9(2)11-6-3-10(4-7-11)5-8-12-10/h9H,3-8H2,1-2H3. The van der Waals surface area contributed by atoms with Gasteiger partial charge < -0.3 is 9.64 Å². The summed E-state index contributed by atoms with van der Waals surface area (Å²) in [6.07, 6.45) is 3.81. The lowest BCUT2D eigenvalue weighted by Crippen LogP contribution is -2.53. The van der Waals surface area contributed by atoms with Gasteiger partial charge in [0.25, 0.3) is 0 Å². The minimum Gasteiger partial charge on any atom is -0.375 e. The van der Waals surface area contributed by atoms with Gasteiger partial charge in [-0.15, -0.1) is 0 Å². The van der Waals surface area contributed by atoms with Gasteiger partial charge in [0.2, 0.25) is 0 Å². The quantitative estimate of drug-likeness (QED) is 0.592. The maximum absolute atomic E-state index is 5.66. The first-order valence-electron chi connectivity index (χ1n) is 5.10. The monoisotopic (exact) mass is 169 g/mol. The molecule has 0 aromatic rings. The molecule has 0 N–H and O–H groups in total. The number of piperidine rings is 1. The van der Waals surface area contributed by atoms with Gasteiger partial charge in [0.05, 0.1) is 12.2 Å². The molecule has 2 saturated heterocycles. The third-order valence-electron chi connectivity index (χ3n) is 3.41. The van der Waals surface area contributed by atoms with Crippen LogP contribution < -0.4 is 0 Å². The SMILES string of the molecule is CC(C)N1CCC2(CCO2)CC1. The molecule has 0 aliphatic carbocycles. The number of hydrogen-bond donors (Lipinski definition) is 0. The first-order chi connectivity index (χ1) is 5.72. The molecule has 2 rings (SSSR count). The van der Waals surface area contributed by atoms with Crippen LogP contribution in [0.4, 0.5) is 0 Å². The molecule has 2 heteroatoms. The van der Waals surface area contributed by atoms with Crippen LogP contribution in [0.15, 0.2) is 0 Å². The molecule has 2 fully saturated rings. The summed E-state index contributed by atoms with van der Waals surface area (Å²) in [5.41, 5.74) is 0.325. The summed E-state index contributed by atoms with van der Waals surface area (Å²) in [6, 6.07) is 0.711. The molecule has 2 nitrogen and oxygen atoms in total. The Hall–Kier alpha value is -0.0800. The minimum atomic E-state index is 0.325. The molecule has 12 heavy (non-hydrogen) atoms. The second-order valence-electron chi connectivity index (χ2n) is 4.41. The van der Waals surface area contributed by atoms with Crippen LogP contribution in [0.1, 0.15) is 33.1 Å². The van der Waals surface area contributed by atoms with Crippen LogP contribution in [0, 0.1) is 0 Å². The molecule has 70 valence electrons. The molecular weight excluding hydrogens is 150 g/mol. The summed E-state index contributed by atoms with van der Waals surface area (Å²) < 4.78 is 5.66. The van der Waals surface area contributed by atoms with Gasteiger partial charge >= 0.3 is 0 Å². The van der Waals surface area contributed by atoms with Gasteiger partial charge in [0.1, 0.15) is 0 Å². The molecule has 0 aromatic carbocycles. The van der Waals surface area contributed by atoms with Crippen LogP contribution in [-0.2, 0) is 4.74 Å². The Morgan fingerprint density at radius 3 is 2.08 bits per heavy atom. The first-order valence-corrected chi connectivity index (χ1v) is 5.10. The van der Waals surface area contributed by atoms with Gasteiger partial charge in [0.15, 0.2) is 0 Å². The van der Waals surface area contributed by atoms with Crippen LogP contribution in [0.3, 0.4) is 0 Å². The van der Waals surface area contributed by atoms with Gasteiger partial charge in [-0.1, -0.05) is 0 Å². The molecule has 0 saturated carbocycles. The number of likely N-dealkylation sites (tertiary alicyclic amines) is 1. The number of nitrogens with zero attached hydrogens (tertiary/aromatic N) is 1. The second-order valence-corrected chi connectivity index (χ2v) is 4.41. The van der Waals surface area contributed by atoms with E-state index < -0.39 is 0 Å². The van der Waals surface area contributed by atoms with Crippen LogP contribution >= 0.6 is 0 Å². The van der Waals surface area contributed by atoms with Crippen molar-refractivity contribution in [1.82, 2.24) is 4.90 Å². The number of rotatable bonds is 1. The van der Waals surface area contributed by atoms with E-state index in [9.17, 15) is 0 Å². The predicted octanol–water partition coefficient (Wildman–Crippen LogP) is 1.65. The van der Waals surface area contributed by atoms with Crippen molar-refractivity contribution in [3.05, 3.63) is 0 Å². The Morgan fingerprint density at radius 1 is 1.17 bits per heavy atom. The lowest BCUT2D eigenvalue weighted by atomic mass is 9.84. The summed E-state index contributed by atoms with van der Waals surface area (Å²) in [5.74, 6) is 0. The normalized spacial score (nSPS) is 29.2.